The molecule has 24 heavy (non-hydrogen) atoms. The summed E-state index contributed by atoms with van der Waals surface area (Å²) in [6.45, 7) is 5.75. The first-order valence-corrected chi connectivity index (χ1v) is 8.24. The molecule has 0 atom stereocenters. The number of nitrogens with one attached hydrogen (secondary N) is 2. The van der Waals surface area contributed by atoms with E-state index in [0.29, 0.717) is 11.7 Å². The fourth-order valence-electron chi connectivity index (χ4n) is 2.11. The SMILES string of the molecule is C=CCOc1ccc(NC(=S)NCCN(C)c2ccccc2)cc1. The smallest absolute Gasteiger partial charge is 0.170 e. The van der Waals surface area contributed by atoms with E-state index in [1.807, 2.05) is 42.5 Å². The highest BCUT2D eigenvalue weighted by Gasteiger charge is 2.01. The van der Waals surface area contributed by atoms with Crippen LogP contribution >= 0.6 is 12.2 Å². The van der Waals surface area contributed by atoms with Crippen molar-refractivity contribution in [2.24, 2.45) is 0 Å². The van der Waals surface area contributed by atoms with Gasteiger partial charge in [0.2, 0.25) is 0 Å². The third-order valence-corrected chi connectivity index (χ3v) is 3.66. The van der Waals surface area contributed by atoms with Crippen molar-refractivity contribution >= 4 is 28.7 Å². The molecule has 0 amide bonds. The Morgan fingerprint density at radius 2 is 1.88 bits per heavy atom. The fraction of sp³-hybridized carbons (Fsp3) is 0.211. The van der Waals surface area contributed by atoms with Gasteiger partial charge in [-0.2, -0.15) is 0 Å². The van der Waals surface area contributed by atoms with E-state index in [9.17, 15) is 0 Å². The number of ether oxygens (including phenoxy) is 1. The number of rotatable bonds is 8. The molecule has 0 fully saturated rings. The van der Waals surface area contributed by atoms with Crippen molar-refractivity contribution in [1.29, 1.82) is 0 Å². The monoisotopic (exact) mass is 341 g/mol. The van der Waals surface area contributed by atoms with Crippen LogP contribution in [0.25, 0.3) is 0 Å². The Labute approximate surface area is 149 Å². The summed E-state index contributed by atoms with van der Waals surface area (Å²) in [5.74, 6) is 0.809. The van der Waals surface area contributed by atoms with Crippen molar-refractivity contribution in [3.63, 3.8) is 0 Å². The number of thiocarbonyl (C=S) groups is 1. The van der Waals surface area contributed by atoms with Crippen molar-refractivity contribution in [3.05, 3.63) is 67.3 Å². The number of hydrogen-bond donors (Lipinski definition) is 2. The summed E-state index contributed by atoms with van der Waals surface area (Å²) >= 11 is 5.32. The molecule has 126 valence electrons. The lowest BCUT2D eigenvalue weighted by Crippen LogP contribution is -2.35. The summed E-state index contributed by atoms with van der Waals surface area (Å²) in [5, 5.41) is 6.99. The van der Waals surface area contributed by atoms with Gasteiger partial charge >= 0.3 is 0 Å². The van der Waals surface area contributed by atoms with Crippen molar-refractivity contribution in [2.45, 2.75) is 0 Å². The molecule has 4 nitrogen and oxygen atoms in total. The molecule has 0 aliphatic heterocycles. The van der Waals surface area contributed by atoms with Gasteiger partial charge in [-0.25, -0.2) is 0 Å². The minimum atomic E-state index is 0.502. The summed E-state index contributed by atoms with van der Waals surface area (Å²) < 4.78 is 5.45. The van der Waals surface area contributed by atoms with Crippen LogP contribution < -0.4 is 20.3 Å². The van der Waals surface area contributed by atoms with Gasteiger partial charge in [0, 0.05) is 31.5 Å². The highest BCUT2D eigenvalue weighted by Crippen LogP contribution is 2.15. The van der Waals surface area contributed by atoms with E-state index >= 15 is 0 Å². The predicted octanol–water partition coefficient (Wildman–Crippen LogP) is 3.67. The number of likely N-dealkylation sites (N-methyl/N-ethyl adjacent to an activating group) is 1. The zero-order chi connectivity index (χ0) is 17.2. The maximum Gasteiger partial charge on any atom is 0.170 e. The first kappa shape index (κ1) is 17.8. The summed E-state index contributed by atoms with van der Waals surface area (Å²) in [5.41, 5.74) is 2.11. The Balaban J connectivity index is 1.72. The molecule has 0 spiro atoms. The van der Waals surface area contributed by atoms with E-state index in [2.05, 4.69) is 41.3 Å². The molecule has 2 rings (SSSR count). The standard InChI is InChI=1S/C19H23N3OS/c1-3-15-23-18-11-9-16(10-12-18)21-19(24)20-13-14-22(2)17-7-5-4-6-8-17/h3-12H,1,13-15H2,2H3,(H2,20,21,24). The second kappa shape index (κ2) is 9.57. The number of para-hydroxylation sites is 1. The highest BCUT2D eigenvalue weighted by atomic mass is 32.1. The lowest BCUT2D eigenvalue weighted by atomic mass is 10.3. The van der Waals surface area contributed by atoms with Gasteiger partial charge < -0.3 is 20.3 Å². The second-order valence-electron chi connectivity index (χ2n) is 5.26. The Hall–Kier alpha value is -2.53. The third kappa shape index (κ3) is 5.93. The lowest BCUT2D eigenvalue weighted by molar-refractivity contribution is 0.363. The van der Waals surface area contributed by atoms with Crippen LogP contribution in [0, 0.1) is 0 Å². The fourth-order valence-corrected chi connectivity index (χ4v) is 2.33. The average molecular weight is 341 g/mol. The molecule has 5 heteroatoms. The molecule has 0 aromatic heterocycles. The van der Waals surface area contributed by atoms with Gasteiger partial charge in [0.15, 0.2) is 5.11 Å². The van der Waals surface area contributed by atoms with Crippen molar-refractivity contribution in [1.82, 2.24) is 5.32 Å². The van der Waals surface area contributed by atoms with E-state index in [1.165, 1.54) is 5.69 Å². The van der Waals surface area contributed by atoms with E-state index < -0.39 is 0 Å². The minimum Gasteiger partial charge on any atom is -0.490 e. The Morgan fingerprint density at radius 3 is 2.54 bits per heavy atom. The van der Waals surface area contributed by atoms with Crippen LogP contribution in [0.2, 0.25) is 0 Å². The zero-order valence-corrected chi connectivity index (χ0v) is 14.7. The molecule has 0 saturated heterocycles. The summed E-state index contributed by atoms with van der Waals surface area (Å²) in [6.07, 6.45) is 1.72. The summed E-state index contributed by atoms with van der Waals surface area (Å²) in [4.78, 5) is 2.18. The van der Waals surface area contributed by atoms with E-state index in [4.69, 9.17) is 17.0 Å². The van der Waals surface area contributed by atoms with Gasteiger partial charge in [-0.1, -0.05) is 30.9 Å². The molecular formula is C19H23N3OS. The third-order valence-electron chi connectivity index (χ3n) is 3.41. The van der Waals surface area contributed by atoms with E-state index in [-0.39, 0.29) is 0 Å². The molecule has 0 unspecified atom stereocenters. The first-order chi connectivity index (χ1) is 11.7. The van der Waals surface area contributed by atoms with Gasteiger partial charge in [-0.15, -0.1) is 0 Å². The van der Waals surface area contributed by atoms with E-state index in [1.54, 1.807) is 6.08 Å². The number of benzene rings is 2. The van der Waals surface area contributed by atoms with Crippen LogP contribution in [0.1, 0.15) is 0 Å². The number of hydrogen-bond acceptors (Lipinski definition) is 3. The summed E-state index contributed by atoms with van der Waals surface area (Å²) in [6, 6.07) is 17.9. The second-order valence-corrected chi connectivity index (χ2v) is 5.67. The van der Waals surface area contributed by atoms with Crippen molar-refractivity contribution in [3.8, 4) is 5.75 Å². The topological polar surface area (TPSA) is 36.5 Å². The lowest BCUT2D eigenvalue weighted by Gasteiger charge is -2.20. The maximum absolute atomic E-state index is 5.45. The normalized spacial score (nSPS) is 9.88. The van der Waals surface area contributed by atoms with Gasteiger partial charge in [0.25, 0.3) is 0 Å². The van der Waals surface area contributed by atoms with Crippen LogP contribution in [-0.4, -0.2) is 31.9 Å². The number of anilines is 2. The quantitative estimate of drug-likeness (QED) is 0.566. The van der Waals surface area contributed by atoms with Crippen LogP contribution in [0.4, 0.5) is 11.4 Å². The molecule has 0 heterocycles. The highest BCUT2D eigenvalue weighted by molar-refractivity contribution is 7.80. The molecular weight excluding hydrogens is 318 g/mol. The minimum absolute atomic E-state index is 0.502. The average Bonchev–Trinajstić information content (AvgIpc) is 2.62. The van der Waals surface area contributed by atoms with E-state index in [0.717, 1.165) is 24.5 Å². The Bertz CT molecular complexity index is 643. The molecule has 0 radical (unpaired) electrons. The van der Waals surface area contributed by atoms with Crippen LogP contribution in [0.15, 0.2) is 67.3 Å². The maximum atomic E-state index is 5.45. The summed E-state index contributed by atoms with van der Waals surface area (Å²) in [7, 11) is 2.06. The number of nitrogens with zero attached hydrogens (tertiary/aromatic N) is 1. The predicted molar refractivity (Wildman–Crippen MR) is 106 cm³/mol. The van der Waals surface area contributed by atoms with Gasteiger partial charge in [-0.05, 0) is 48.6 Å². The van der Waals surface area contributed by atoms with Crippen LogP contribution in [0.3, 0.4) is 0 Å². The molecule has 0 aliphatic rings. The van der Waals surface area contributed by atoms with Gasteiger partial charge in [0.1, 0.15) is 12.4 Å². The molecule has 2 N–H and O–H groups in total. The molecule has 0 bridgehead atoms. The van der Waals surface area contributed by atoms with Crippen LogP contribution in [-0.2, 0) is 0 Å². The Kier molecular flexibility index (Phi) is 7.11. The molecule has 2 aromatic rings. The first-order valence-electron chi connectivity index (χ1n) is 7.84. The van der Waals surface area contributed by atoms with Gasteiger partial charge in [0.05, 0.1) is 0 Å². The zero-order valence-electron chi connectivity index (χ0n) is 13.9. The molecule has 2 aromatic carbocycles. The van der Waals surface area contributed by atoms with Crippen molar-refractivity contribution in [2.75, 3.05) is 37.0 Å². The molecule has 0 aliphatic carbocycles. The van der Waals surface area contributed by atoms with Gasteiger partial charge in [-0.3, -0.25) is 0 Å². The van der Waals surface area contributed by atoms with Crippen molar-refractivity contribution < 1.29 is 4.74 Å². The largest absolute Gasteiger partial charge is 0.490 e. The Morgan fingerprint density at radius 1 is 1.17 bits per heavy atom. The molecule has 0 saturated carbocycles. The van der Waals surface area contributed by atoms with Crippen LogP contribution in [0.5, 0.6) is 5.75 Å².